The van der Waals surface area contributed by atoms with Crippen molar-refractivity contribution in [2.24, 2.45) is 0 Å². The van der Waals surface area contributed by atoms with Gasteiger partial charge in [0.15, 0.2) is 0 Å². The number of benzene rings is 1. The van der Waals surface area contributed by atoms with Crippen LogP contribution in [0.3, 0.4) is 0 Å². The molecular weight excluding hydrogens is 446 g/mol. The highest BCUT2D eigenvalue weighted by Crippen LogP contribution is 2.64. The number of carbonyl (C=O) groups is 1. The highest BCUT2D eigenvalue weighted by Gasteiger charge is 2.47. The van der Waals surface area contributed by atoms with E-state index in [-0.39, 0.29) is 41.1 Å². The SMILES string of the molecule is C=CCOP(=O)(OCC=C)C1=C(C)NC(C)=C(C(=O)OC)C1c1ccccc1C(F)(F)F. The van der Waals surface area contributed by atoms with Gasteiger partial charge in [-0.1, -0.05) is 30.4 Å². The molecule has 2 rings (SSSR count). The Hall–Kier alpha value is -2.61. The summed E-state index contributed by atoms with van der Waals surface area (Å²) in [6, 6.07) is 4.77. The van der Waals surface area contributed by atoms with Crippen molar-refractivity contribution in [2.45, 2.75) is 25.9 Å². The summed E-state index contributed by atoms with van der Waals surface area (Å²) in [5.41, 5.74) is -0.882. The lowest BCUT2D eigenvalue weighted by Crippen LogP contribution is -2.30. The zero-order valence-corrected chi connectivity index (χ0v) is 18.9. The van der Waals surface area contributed by atoms with Gasteiger partial charge in [0.05, 0.1) is 42.7 Å². The van der Waals surface area contributed by atoms with E-state index in [9.17, 15) is 22.5 Å². The van der Waals surface area contributed by atoms with Crippen molar-refractivity contribution in [1.82, 2.24) is 5.32 Å². The third-order valence-corrected chi connectivity index (χ3v) is 6.89. The predicted octanol–water partition coefficient (Wildman–Crippen LogP) is 5.67. The van der Waals surface area contributed by atoms with E-state index < -0.39 is 31.2 Å². The van der Waals surface area contributed by atoms with Crippen LogP contribution in [0.2, 0.25) is 0 Å². The Morgan fingerprint density at radius 1 is 1.12 bits per heavy atom. The van der Waals surface area contributed by atoms with Crippen LogP contribution in [0.25, 0.3) is 0 Å². The van der Waals surface area contributed by atoms with E-state index in [1.54, 1.807) is 0 Å². The van der Waals surface area contributed by atoms with Crippen LogP contribution in [0.1, 0.15) is 30.9 Å². The Labute approximate surface area is 185 Å². The Morgan fingerprint density at radius 2 is 1.69 bits per heavy atom. The summed E-state index contributed by atoms with van der Waals surface area (Å²) >= 11 is 0. The second kappa shape index (κ2) is 10.3. The summed E-state index contributed by atoms with van der Waals surface area (Å²) in [6.07, 6.45) is -2.07. The fraction of sp³-hybridized carbons (Fsp3) is 0.318. The van der Waals surface area contributed by atoms with Gasteiger partial charge in [-0.15, -0.1) is 13.2 Å². The minimum atomic E-state index is -4.73. The molecule has 1 heterocycles. The highest BCUT2D eigenvalue weighted by atomic mass is 31.2. The molecule has 1 atom stereocenters. The molecule has 174 valence electrons. The largest absolute Gasteiger partial charge is 0.466 e. The topological polar surface area (TPSA) is 73.9 Å². The molecule has 0 fully saturated rings. The van der Waals surface area contributed by atoms with E-state index in [4.69, 9.17) is 13.8 Å². The van der Waals surface area contributed by atoms with Crippen molar-refractivity contribution in [1.29, 1.82) is 0 Å². The minimum absolute atomic E-state index is 0.121. The van der Waals surface area contributed by atoms with Crippen LogP contribution < -0.4 is 5.32 Å². The lowest BCUT2D eigenvalue weighted by Gasteiger charge is -2.35. The summed E-state index contributed by atoms with van der Waals surface area (Å²) in [4.78, 5) is 12.7. The van der Waals surface area contributed by atoms with Gasteiger partial charge in [0.1, 0.15) is 0 Å². The molecule has 1 aromatic rings. The van der Waals surface area contributed by atoms with Gasteiger partial charge in [-0.3, -0.25) is 4.57 Å². The summed E-state index contributed by atoms with van der Waals surface area (Å²) in [5.74, 6) is -2.28. The van der Waals surface area contributed by atoms with Crippen LogP contribution in [0, 0.1) is 0 Å². The fourth-order valence-corrected chi connectivity index (χ4v) is 5.52. The van der Waals surface area contributed by atoms with Crippen molar-refractivity contribution in [3.63, 3.8) is 0 Å². The first-order valence-electron chi connectivity index (χ1n) is 9.56. The van der Waals surface area contributed by atoms with Gasteiger partial charge in [0, 0.05) is 11.4 Å². The summed E-state index contributed by atoms with van der Waals surface area (Å²) < 4.78 is 71.5. The van der Waals surface area contributed by atoms with Crippen LogP contribution in [0.15, 0.2) is 71.9 Å². The van der Waals surface area contributed by atoms with E-state index >= 15 is 0 Å². The zero-order valence-electron chi connectivity index (χ0n) is 18.0. The quantitative estimate of drug-likeness (QED) is 0.284. The molecule has 32 heavy (non-hydrogen) atoms. The molecular formula is C22H25F3NO5P. The standard InChI is InChI=1S/C22H25F3NO5P/c1-6-12-30-32(28,31-13-7-2)20-15(4)26-14(3)18(21(27)29-5)19(20)16-10-8-9-11-17(16)22(23,24)25/h6-11,19,26H,1-2,12-13H2,3-5H3. The normalized spacial score (nSPS) is 17.1. The second-order valence-corrected chi connectivity index (χ2v) is 8.84. The van der Waals surface area contributed by atoms with Crippen LogP contribution in [0.5, 0.6) is 0 Å². The number of allylic oxidation sites excluding steroid dienone is 3. The molecule has 1 aromatic carbocycles. The predicted molar refractivity (Wildman–Crippen MR) is 115 cm³/mol. The smallest absolute Gasteiger partial charge is 0.416 e. The van der Waals surface area contributed by atoms with Crippen LogP contribution in [-0.2, 0) is 29.3 Å². The van der Waals surface area contributed by atoms with Gasteiger partial charge >= 0.3 is 19.7 Å². The number of rotatable bonds is 9. The molecule has 0 aliphatic carbocycles. The van der Waals surface area contributed by atoms with Gasteiger partial charge in [-0.25, -0.2) is 4.79 Å². The van der Waals surface area contributed by atoms with E-state index in [0.29, 0.717) is 0 Å². The first-order chi connectivity index (χ1) is 15.0. The number of hydrogen-bond donors (Lipinski definition) is 1. The molecule has 1 aliphatic heterocycles. The van der Waals surface area contributed by atoms with Crippen molar-refractivity contribution in [2.75, 3.05) is 20.3 Å². The van der Waals surface area contributed by atoms with E-state index in [1.807, 2.05) is 0 Å². The molecule has 0 bridgehead atoms. The number of alkyl halides is 3. The number of ether oxygens (including phenoxy) is 1. The van der Waals surface area contributed by atoms with E-state index in [1.165, 1.54) is 44.2 Å². The van der Waals surface area contributed by atoms with Gasteiger partial charge in [0.2, 0.25) is 0 Å². The number of carbonyl (C=O) groups excluding carboxylic acids is 1. The van der Waals surface area contributed by atoms with Gasteiger partial charge in [-0.2, -0.15) is 13.2 Å². The average Bonchev–Trinajstić information content (AvgIpc) is 2.74. The molecule has 1 aliphatic rings. The van der Waals surface area contributed by atoms with E-state index in [2.05, 4.69) is 18.5 Å². The molecule has 1 N–H and O–H groups in total. The minimum Gasteiger partial charge on any atom is -0.466 e. The van der Waals surface area contributed by atoms with Crippen LogP contribution in [0.4, 0.5) is 13.2 Å². The number of halogens is 3. The third kappa shape index (κ3) is 5.23. The van der Waals surface area contributed by atoms with Gasteiger partial charge < -0.3 is 19.1 Å². The second-order valence-electron chi connectivity index (χ2n) is 6.85. The van der Waals surface area contributed by atoms with Crippen LogP contribution in [-0.4, -0.2) is 26.3 Å². The fourth-order valence-electron chi connectivity index (χ4n) is 3.51. The Bertz CT molecular complexity index is 997. The first-order valence-corrected chi connectivity index (χ1v) is 11.1. The van der Waals surface area contributed by atoms with Crippen molar-refractivity contribution in [3.05, 3.63) is 83.0 Å². The lowest BCUT2D eigenvalue weighted by molar-refractivity contribution is -0.139. The molecule has 0 spiro atoms. The highest BCUT2D eigenvalue weighted by molar-refractivity contribution is 7.58. The summed E-state index contributed by atoms with van der Waals surface area (Å²) in [7, 11) is -3.11. The maximum atomic E-state index is 13.9. The first kappa shape index (κ1) is 25.6. The monoisotopic (exact) mass is 471 g/mol. The van der Waals surface area contributed by atoms with Crippen LogP contribution >= 0.6 is 7.60 Å². The lowest BCUT2D eigenvalue weighted by atomic mass is 9.84. The number of methoxy groups -OCH3 is 1. The molecule has 0 aromatic heterocycles. The Balaban J connectivity index is 2.89. The molecule has 0 saturated heterocycles. The van der Waals surface area contributed by atoms with E-state index in [0.717, 1.165) is 13.2 Å². The molecule has 10 heteroatoms. The number of nitrogens with one attached hydrogen (secondary N) is 1. The van der Waals surface area contributed by atoms with Gasteiger partial charge in [0.25, 0.3) is 0 Å². The molecule has 0 saturated carbocycles. The van der Waals surface area contributed by atoms with Crippen molar-refractivity contribution in [3.8, 4) is 0 Å². The zero-order chi connectivity index (χ0) is 24.1. The number of hydrogen-bond acceptors (Lipinski definition) is 6. The summed E-state index contributed by atoms with van der Waals surface area (Å²) in [6.45, 7) is 9.68. The van der Waals surface area contributed by atoms with Crippen molar-refractivity contribution < 1.29 is 36.3 Å². The summed E-state index contributed by atoms with van der Waals surface area (Å²) in [5, 5.41) is 2.78. The third-order valence-electron chi connectivity index (χ3n) is 4.73. The number of dihydropyridines is 1. The Kier molecular flexibility index (Phi) is 8.29. The molecule has 6 nitrogen and oxygen atoms in total. The maximum Gasteiger partial charge on any atom is 0.416 e. The Morgan fingerprint density at radius 3 is 2.19 bits per heavy atom. The molecule has 0 amide bonds. The molecule has 1 unspecified atom stereocenters. The average molecular weight is 471 g/mol. The number of esters is 1. The molecule has 0 radical (unpaired) electrons. The van der Waals surface area contributed by atoms with Gasteiger partial charge in [-0.05, 0) is 25.5 Å². The maximum absolute atomic E-state index is 13.9. The van der Waals surface area contributed by atoms with Crippen molar-refractivity contribution >= 4 is 13.6 Å².